The van der Waals surface area contributed by atoms with E-state index in [9.17, 15) is 0 Å². The first-order valence-electron chi connectivity index (χ1n) is 4.49. The molecule has 1 aromatic heterocycles. The number of hydrogen-bond donors (Lipinski definition) is 1. The molecule has 2 N–H and O–H groups in total. The molecule has 0 amide bonds. The van der Waals surface area contributed by atoms with E-state index in [1.165, 1.54) is 17.9 Å². The zero-order chi connectivity index (χ0) is 9.47. The van der Waals surface area contributed by atoms with Crippen LogP contribution in [0.3, 0.4) is 0 Å². The molecule has 13 heavy (non-hydrogen) atoms. The van der Waals surface area contributed by atoms with Crippen molar-refractivity contribution in [3.63, 3.8) is 0 Å². The predicted molar refractivity (Wildman–Crippen MR) is 56.9 cm³/mol. The Kier molecular flexibility index (Phi) is 2.02. The highest BCUT2D eigenvalue weighted by atomic mass is 32.2. The van der Waals surface area contributed by atoms with Crippen molar-refractivity contribution in [2.45, 2.75) is 18.8 Å². The molecular formula is C9H15N3S. The van der Waals surface area contributed by atoms with Gasteiger partial charge in [0.2, 0.25) is 0 Å². The molecule has 0 bridgehead atoms. The number of hydrogen-bond acceptors (Lipinski definition) is 3. The lowest BCUT2D eigenvalue weighted by atomic mass is 9.87. The summed E-state index contributed by atoms with van der Waals surface area (Å²) in [5.74, 6) is 3.17. The van der Waals surface area contributed by atoms with Gasteiger partial charge in [-0.1, -0.05) is 6.92 Å². The van der Waals surface area contributed by atoms with Crippen molar-refractivity contribution in [3.8, 4) is 0 Å². The lowest BCUT2D eigenvalue weighted by molar-refractivity contribution is 0.513. The van der Waals surface area contributed by atoms with E-state index in [1.807, 2.05) is 24.9 Å². The monoisotopic (exact) mass is 197 g/mol. The minimum Gasteiger partial charge on any atom is -0.384 e. The minimum absolute atomic E-state index is 0.250. The molecule has 0 aliphatic carbocycles. The molecule has 2 heterocycles. The second kappa shape index (κ2) is 2.94. The summed E-state index contributed by atoms with van der Waals surface area (Å²) in [5, 5.41) is 4.44. The minimum atomic E-state index is 0.250. The number of aryl methyl sites for hydroxylation is 1. The second-order valence-electron chi connectivity index (χ2n) is 3.94. The summed E-state index contributed by atoms with van der Waals surface area (Å²) in [4.78, 5) is 0. The molecule has 1 aromatic rings. The molecule has 1 aliphatic heterocycles. The van der Waals surface area contributed by atoms with E-state index in [1.54, 1.807) is 4.68 Å². The maximum absolute atomic E-state index is 5.76. The fourth-order valence-electron chi connectivity index (χ4n) is 1.65. The first kappa shape index (κ1) is 8.94. The summed E-state index contributed by atoms with van der Waals surface area (Å²) < 4.78 is 1.75. The number of nitrogens with two attached hydrogens (primary N) is 1. The van der Waals surface area contributed by atoms with Gasteiger partial charge in [-0.3, -0.25) is 4.68 Å². The molecule has 0 radical (unpaired) electrons. The van der Waals surface area contributed by atoms with E-state index < -0.39 is 0 Å². The Labute approximate surface area is 82.7 Å². The van der Waals surface area contributed by atoms with Crippen LogP contribution in [0.5, 0.6) is 0 Å². The van der Waals surface area contributed by atoms with Crippen LogP contribution < -0.4 is 5.73 Å². The van der Waals surface area contributed by atoms with Gasteiger partial charge in [-0.25, -0.2) is 0 Å². The average molecular weight is 197 g/mol. The Balaban J connectivity index is 2.34. The predicted octanol–water partition coefficient (Wildman–Crippen LogP) is 1.40. The largest absolute Gasteiger partial charge is 0.384 e. The normalized spacial score (nSPS) is 28.2. The number of rotatable bonds is 1. The van der Waals surface area contributed by atoms with Crippen LogP contribution in [0.4, 0.5) is 5.82 Å². The highest BCUT2D eigenvalue weighted by Gasteiger charge is 2.33. The van der Waals surface area contributed by atoms with Gasteiger partial charge in [0.25, 0.3) is 0 Å². The number of nitrogen functional groups attached to an aromatic ring is 1. The Bertz CT molecular complexity index is 293. The third kappa shape index (κ3) is 1.43. The molecule has 0 aromatic carbocycles. The van der Waals surface area contributed by atoms with Gasteiger partial charge in [0.1, 0.15) is 5.82 Å². The van der Waals surface area contributed by atoms with Crippen molar-refractivity contribution in [2.75, 3.05) is 17.2 Å². The van der Waals surface area contributed by atoms with E-state index in [-0.39, 0.29) is 5.41 Å². The van der Waals surface area contributed by atoms with Crippen LogP contribution in [0.2, 0.25) is 0 Å². The van der Waals surface area contributed by atoms with E-state index >= 15 is 0 Å². The maximum atomic E-state index is 5.76. The van der Waals surface area contributed by atoms with Crippen molar-refractivity contribution in [3.05, 3.63) is 11.8 Å². The number of nitrogens with zero attached hydrogens (tertiary/aromatic N) is 2. The number of aromatic nitrogens is 2. The summed E-state index contributed by atoms with van der Waals surface area (Å²) in [6.45, 7) is 2.27. The maximum Gasteiger partial charge on any atom is 0.121 e. The topological polar surface area (TPSA) is 43.8 Å². The first-order valence-corrected chi connectivity index (χ1v) is 5.65. The van der Waals surface area contributed by atoms with E-state index in [0.717, 1.165) is 11.5 Å². The van der Waals surface area contributed by atoms with Crippen molar-refractivity contribution in [2.24, 2.45) is 7.05 Å². The molecule has 1 aliphatic rings. The molecule has 1 saturated heterocycles. The van der Waals surface area contributed by atoms with Crippen LogP contribution in [-0.2, 0) is 12.5 Å². The third-order valence-electron chi connectivity index (χ3n) is 2.75. The third-order valence-corrected chi connectivity index (χ3v) is 4.09. The molecule has 3 nitrogen and oxygen atoms in total. The van der Waals surface area contributed by atoms with Crippen LogP contribution in [-0.4, -0.2) is 21.3 Å². The van der Waals surface area contributed by atoms with Crippen LogP contribution in [0.15, 0.2) is 6.07 Å². The van der Waals surface area contributed by atoms with E-state index in [0.29, 0.717) is 0 Å². The number of anilines is 1. The van der Waals surface area contributed by atoms with Gasteiger partial charge in [0.15, 0.2) is 0 Å². The highest BCUT2D eigenvalue weighted by molar-refractivity contribution is 7.99. The number of thioether (sulfide) groups is 1. The standard InChI is InChI=1S/C9H15N3S/c1-9(3-4-13-6-9)7-5-8(10)12(2)11-7/h5H,3-4,6,10H2,1-2H3. The molecule has 1 atom stereocenters. The lowest BCUT2D eigenvalue weighted by Crippen LogP contribution is -2.21. The van der Waals surface area contributed by atoms with Crippen LogP contribution in [0, 0.1) is 0 Å². The summed E-state index contributed by atoms with van der Waals surface area (Å²) >= 11 is 2.00. The molecule has 1 fully saturated rings. The van der Waals surface area contributed by atoms with E-state index in [2.05, 4.69) is 12.0 Å². The summed E-state index contributed by atoms with van der Waals surface area (Å²) in [6, 6.07) is 2.01. The summed E-state index contributed by atoms with van der Waals surface area (Å²) in [6.07, 6.45) is 1.22. The van der Waals surface area contributed by atoms with Gasteiger partial charge in [0, 0.05) is 24.3 Å². The Morgan fingerprint density at radius 3 is 2.92 bits per heavy atom. The lowest BCUT2D eigenvalue weighted by Gasteiger charge is -2.18. The first-order chi connectivity index (χ1) is 6.12. The fraction of sp³-hybridized carbons (Fsp3) is 0.667. The average Bonchev–Trinajstić information content (AvgIpc) is 2.62. The van der Waals surface area contributed by atoms with Gasteiger partial charge >= 0.3 is 0 Å². The SMILES string of the molecule is Cn1nc(C2(C)CCSC2)cc1N. The zero-order valence-electron chi connectivity index (χ0n) is 8.08. The van der Waals surface area contributed by atoms with Gasteiger partial charge in [-0.05, 0) is 12.2 Å². The van der Waals surface area contributed by atoms with Crippen molar-refractivity contribution < 1.29 is 0 Å². The Morgan fingerprint density at radius 2 is 2.46 bits per heavy atom. The second-order valence-corrected chi connectivity index (χ2v) is 5.05. The Morgan fingerprint density at radius 1 is 1.69 bits per heavy atom. The molecule has 4 heteroatoms. The smallest absolute Gasteiger partial charge is 0.121 e. The van der Waals surface area contributed by atoms with Crippen LogP contribution >= 0.6 is 11.8 Å². The van der Waals surface area contributed by atoms with Crippen LogP contribution in [0.25, 0.3) is 0 Å². The van der Waals surface area contributed by atoms with Gasteiger partial charge < -0.3 is 5.73 Å². The van der Waals surface area contributed by atoms with Gasteiger partial charge in [0.05, 0.1) is 5.69 Å². The van der Waals surface area contributed by atoms with Crippen LogP contribution in [0.1, 0.15) is 19.0 Å². The quantitative estimate of drug-likeness (QED) is 0.740. The van der Waals surface area contributed by atoms with E-state index in [4.69, 9.17) is 5.73 Å². The summed E-state index contributed by atoms with van der Waals surface area (Å²) in [7, 11) is 1.89. The molecular weight excluding hydrogens is 182 g/mol. The van der Waals surface area contributed by atoms with Crippen molar-refractivity contribution in [1.82, 2.24) is 9.78 Å². The Hall–Kier alpha value is -0.640. The fourth-order valence-corrected chi connectivity index (χ4v) is 3.13. The molecule has 1 unspecified atom stereocenters. The molecule has 72 valence electrons. The van der Waals surface area contributed by atoms with Gasteiger partial charge in [-0.15, -0.1) is 0 Å². The summed E-state index contributed by atoms with van der Waals surface area (Å²) in [5.41, 5.74) is 7.16. The van der Waals surface area contributed by atoms with Crippen molar-refractivity contribution >= 4 is 17.6 Å². The van der Waals surface area contributed by atoms with Gasteiger partial charge in [-0.2, -0.15) is 16.9 Å². The molecule has 2 rings (SSSR count). The zero-order valence-corrected chi connectivity index (χ0v) is 8.90. The highest BCUT2D eigenvalue weighted by Crippen LogP contribution is 2.38. The molecule has 0 saturated carbocycles. The molecule has 0 spiro atoms. The van der Waals surface area contributed by atoms with Crippen molar-refractivity contribution in [1.29, 1.82) is 0 Å².